The highest BCUT2D eigenvalue weighted by Crippen LogP contribution is 2.31. The van der Waals surface area contributed by atoms with Crippen molar-refractivity contribution in [1.82, 2.24) is 14.3 Å². The number of aliphatic carboxylic acids is 1. The van der Waals surface area contributed by atoms with Crippen molar-refractivity contribution in [3.63, 3.8) is 0 Å². The van der Waals surface area contributed by atoms with Crippen LogP contribution < -0.4 is 0 Å². The Labute approximate surface area is 116 Å². The van der Waals surface area contributed by atoms with Gasteiger partial charge in [0.05, 0.1) is 12.1 Å². The molecule has 0 spiro atoms. The highest BCUT2D eigenvalue weighted by atomic mass is 16.4. The first-order valence-electron chi connectivity index (χ1n) is 6.35. The molecule has 5 heteroatoms. The van der Waals surface area contributed by atoms with Gasteiger partial charge in [-0.2, -0.15) is 5.10 Å². The van der Waals surface area contributed by atoms with Crippen LogP contribution >= 0.6 is 0 Å². The Balaban J connectivity index is 2.23. The number of carbonyl (C=O) groups is 1. The zero-order valence-corrected chi connectivity index (χ0v) is 11.4. The summed E-state index contributed by atoms with van der Waals surface area (Å²) >= 11 is 0. The average molecular weight is 269 g/mol. The highest BCUT2D eigenvalue weighted by molar-refractivity contribution is 5.96. The van der Waals surface area contributed by atoms with Crippen LogP contribution in [-0.2, 0) is 25.3 Å². The molecule has 0 atom stereocenters. The maximum absolute atomic E-state index is 11.0. The molecule has 2 aromatic heterocycles. The Morgan fingerprint density at radius 3 is 2.75 bits per heavy atom. The van der Waals surface area contributed by atoms with E-state index in [9.17, 15) is 4.79 Å². The van der Waals surface area contributed by atoms with Gasteiger partial charge in [0.25, 0.3) is 0 Å². The molecule has 3 rings (SSSR count). The van der Waals surface area contributed by atoms with Crippen molar-refractivity contribution in [2.75, 3.05) is 0 Å². The number of para-hydroxylation sites is 1. The number of nitrogens with zero attached hydrogens (tertiary/aromatic N) is 3. The van der Waals surface area contributed by atoms with Crippen LogP contribution in [-0.4, -0.2) is 25.4 Å². The van der Waals surface area contributed by atoms with Crippen molar-refractivity contribution in [3.8, 4) is 11.3 Å². The molecular formula is C15H15N3O2. The molecule has 1 aromatic carbocycles. The molecule has 5 nitrogen and oxygen atoms in total. The van der Waals surface area contributed by atoms with E-state index in [0.29, 0.717) is 0 Å². The normalized spacial score (nSPS) is 11.1. The summed E-state index contributed by atoms with van der Waals surface area (Å²) in [6, 6.07) is 8.04. The van der Waals surface area contributed by atoms with Gasteiger partial charge in [-0.15, -0.1) is 0 Å². The molecule has 102 valence electrons. The predicted molar refractivity (Wildman–Crippen MR) is 76.5 cm³/mol. The molecule has 0 saturated carbocycles. The van der Waals surface area contributed by atoms with Crippen LogP contribution in [0.3, 0.4) is 0 Å². The third-order valence-electron chi connectivity index (χ3n) is 3.40. The standard InChI is InChI=1S/C15H15N3O2/c1-17-9-12(11-5-3-4-6-13(11)17)15-10(7-14(19)20)8-18(2)16-15/h3-6,8-9H,7H2,1-2H3,(H,19,20). The van der Waals surface area contributed by atoms with E-state index in [1.165, 1.54) is 0 Å². The van der Waals surface area contributed by atoms with E-state index in [4.69, 9.17) is 5.11 Å². The summed E-state index contributed by atoms with van der Waals surface area (Å²) in [7, 11) is 3.78. The molecule has 0 saturated heterocycles. The van der Waals surface area contributed by atoms with Crippen LogP contribution in [0.1, 0.15) is 5.56 Å². The third kappa shape index (κ3) is 1.97. The Bertz CT molecular complexity index is 799. The minimum atomic E-state index is -0.848. The maximum atomic E-state index is 11.0. The van der Waals surface area contributed by atoms with Crippen molar-refractivity contribution in [2.45, 2.75) is 6.42 Å². The summed E-state index contributed by atoms with van der Waals surface area (Å²) in [6.07, 6.45) is 3.75. The quantitative estimate of drug-likeness (QED) is 0.793. The zero-order chi connectivity index (χ0) is 14.3. The predicted octanol–water partition coefficient (Wildman–Crippen LogP) is 2.21. The summed E-state index contributed by atoms with van der Waals surface area (Å²) < 4.78 is 3.69. The molecule has 0 aliphatic rings. The number of rotatable bonds is 3. The number of benzene rings is 1. The minimum Gasteiger partial charge on any atom is -0.481 e. The van der Waals surface area contributed by atoms with E-state index in [0.717, 1.165) is 27.7 Å². The smallest absolute Gasteiger partial charge is 0.307 e. The SMILES string of the molecule is Cn1cc(CC(=O)O)c(-c2cn(C)c3ccccc23)n1. The monoisotopic (exact) mass is 269 g/mol. The molecule has 0 unspecified atom stereocenters. The second-order valence-electron chi connectivity index (χ2n) is 4.92. The lowest BCUT2D eigenvalue weighted by Crippen LogP contribution is -2.00. The number of hydrogen-bond donors (Lipinski definition) is 1. The Morgan fingerprint density at radius 1 is 1.25 bits per heavy atom. The number of carboxylic acids is 1. The lowest BCUT2D eigenvalue weighted by molar-refractivity contribution is -0.136. The molecule has 0 aliphatic carbocycles. The third-order valence-corrected chi connectivity index (χ3v) is 3.40. The van der Waals surface area contributed by atoms with Crippen LogP contribution in [0.4, 0.5) is 0 Å². The second kappa shape index (κ2) is 4.52. The molecule has 0 radical (unpaired) electrons. The first-order valence-corrected chi connectivity index (χ1v) is 6.35. The van der Waals surface area contributed by atoms with Crippen LogP contribution in [0, 0.1) is 0 Å². The molecule has 0 amide bonds. The molecule has 0 bridgehead atoms. The molecule has 3 aromatic rings. The van der Waals surface area contributed by atoms with E-state index in [2.05, 4.69) is 5.10 Å². The van der Waals surface area contributed by atoms with E-state index < -0.39 is 5.97 Å². The lowest BCUT2D eigenvalue weighted by Gasteiger charge is -1.98. The fourth-order valence-corrected chi connectivity index (χ4v) is 2.59. The van der Waals surface area contributed by atoms with E-state index in [1.54, 1.807) is 17.9 Å². The van der Waals surface area contributed by atoms with Crippen molar-refractivity contribution < 1.29 is 9.90 Å². The molecule has 0 aliphatic heterocycles. The van der Waals surface area contributed by atoms with Gasteiger partial charge in [-0.05, 0) is 6.07 Å². The first kappa shape index (κ1) is 12.5. The second-order valence-corrected chi connectivity index (χ2v) is 4.92. The van der Waals surface area contributed by atoms with Crippen molar-refractivity contribution in [2.24, 2.45) is 14.1 Å². The van der Waals surface area contributed by atoms with Crippen LogP contribution in [0.2, 0.25) is 0 Å². The van der Waals surface area contributed by atoms with Gasteiger partial charge in [-0.3, -0.25) is 9.48 Å². The summed E-state index contributed by atoms with van der Waals surface area (Å²) in [5, 5.41) is 14.5. The molecular weight excluding hydrogens is 254 g/mol. The van der Waals surface area contributed by atoms with Gasteiger partial charge in [-0.25, -0.2) is 0 Å². The minimum absolute atomic E-state index is 0.0214. The summed E-state index contributed by atoms with van der Waals surface area (Å²) in [5.41, 5.74) is 3.55. The molecule has 2 heterocycles. The average Bonchev–Trinajstić information content (AvgIpc) is 2.90. The van der Waals surface area contributed by atoms with Crippen molar-refractivity contribution in [1.29, 1.82) is 0 Å². The van der Waals surface area contributed by atoms with Crippen LogP contribution in [0.25, 0.3) is 22.2 Å². The summed E-state index contributed by atoms with van der Waals surface area (Å²) in [5.74, 6) is -0.848. The number of hydrogen-bond acceptors (Lipinski definition) is 2. The number of carboxylic acid groups (broad SMARTS) is 1. The van der Waals surface area contributed by atoms with E-state index >= 15 is 0 Å². The van der Waals surface area contributed by atoms with Gasteiger partial charge in [0, 0.05) is 48.5 Å². The topological polar surface area (TPSA) is 60.1 Å². The largest absolute Gasteiger partial charge is 0.481 e. The van der Waals surface area contributed by atoms with Gasteiger partial charge in [0.15, 0.2) is 0 Å². The highest BCUT2D eigenvalue weighted by Gasteiger charge is 2.17. The molecule has 20 heavy (non-hydrogen) atoms. The van der Waals surface area contributed by atoms with Gasteiger partial charge >= 0.3 is 5.97 Å². The Hall–Kier alpha value is -2.56. The Kier molecular flexibility index (Phi) is 2.82. The maximum Gasteiger partial charge on any atom is 0.307 e. The summed E-state index contributed by atoms with van der Waals surface area (Å²) in [6.45, 7) is 0. The van der Waals surface area contributed by atoms with Gasteiger partial charge in [0.1, 0.15) is 0 Å². The number of aryl methyl sites for hydroxylation is 2. The Morgan fingerprint density at radius 2 is 2.00 bits per heavy atom. The van der Waals surface area contributed by atoms with Gasteiger partial charge < -0.3 is 9.67 Å². The van der Waals surface area contributed by atoms with Crippen LogP contribution in [0.5, 0.6) is 0 Å². The fourth-order valence-electron chi connectivity index (χ4n) is 2.59. The summed E-state index contributed by atoms with van der Waals surface area (Å²) in [4.78, 5) is 11.0. The van der Waals surface area contributed by atoms with E-state index in [1.807, 2.05) is 42.1 Å². The lowest BCUT2D eigenvalue weighted by atomic mass is 10.1. The number of fused-ring (bicyclic) bond motifs is 1. The molecule has 1 N–H and O–H groups in total. The van der Waals surface area contributed by atoms with E-state index in [-0.39, 0.29) is 6.42 Å². The fraction of sp³-hybridized carbons (Fsp3) is 0.200. The van der Waals surface area contributed by atoms with Crippen molar-refractivity contribution in [3.05, 3.63) is 42.2 Å². The van der Waals surface area contributed by atoms with Crippen LogP contribution in [0.15, 0.2) is 36.7 Å². The van der Waals surface area contributed by atoms with Gasteiger partial charge in [-0.1, -0.05) is 18.2 Å². The zero-order valence-electron chi connectivity index (χ0n) is 11.4. The molecule has 0 fully saturated rings. The first-order chi connectivity index (χ1) is 9.56. The van der Waals surface area contributed by atoms with Gasteiger partial charge in [0.2, 0.25) is 0 Å². The van der Waals surface area contributed by atoms with Crippen molar-refractivity contribution >= 4 is 16.9 Å². The number of aromatic nitrogens is 3.